The van der Waals surface area contributed by atoms with Gasteiger partial charge in [0.1, 0.15) is 0 Å². The number of methoxy groups -OCH3 is 1. The zero-order valence-corrected chi connectivity index (χ0v) is 19.8. The molecule has 0 fully saturated rings. The molecular formula is C20H38IN5O. The van der Waals surface area contributed by atoms with E-state index in [1.54, 1.807) is 7.11 Å². The average Bonchev–Trinajstić information content (AvgIpc) is 2.64. The number of benzene rings is 1. The van der Waals surface area contributed by atoms with Gasteiger partial charge in [0.15, 0.2) is 5.96 Å². The molecule has 0 aliphatic carbocycles. The quantitative estimate of drug-likeness (QED) is 0.182. The number of ether oxygens (including phenoxy) is 1. The number of rotatable bonds is 12. The van der Waals surface area contributed by atoms with E-state index in [1.165, 1.54) is 0 Å². The summed E-state index contributed by atoms with van der Waals surface area (Å²) in [5.74, 6) is 1.35. The predicted octanol–water partition coefficient (Wildman–Crippen LogP) is 2.87. The van der Waals surface area contributed by atoms with Crippen LogP contribution in [0.4, 0.5) is 5.69 Å². The Morgan fingerprint density at radius 1 is 1.15 bits per heavy atom. The van der Waals surface area contributed by atoms with Gasteiger partial charge in [-0.1, -0.05) is 32.0 Å². The Balaban J connectivity index is 0.00000676. The van der Waals surface area contributed by atoms with E-state index < -0.39 is 0 Å². The lowest BCUT2D eigenvalue weighted by Crippen LogP contribution is -2.46. The number of nitrogens with zero attached hydrogens (tertiary/aromatic N) is 2. The topological polar surface area (TPSA) is 60.9 Å². The van der Waals surface area contributed by atoms with Gasteiger partial charge in [0.05, 0.1) is 0 Å². The first-order valence-electron chi connectivity index (χ1n) is 9.50. The second-order valence-corrected chi connectivity index (χ2v) is 6.89. The minimum Gasteiger partial charge on any atom is -0.385 e. The molecule has 0 saturated heterocycles. The van der Waals surface area contributed by atoms with Gasteiger partial charge in [-0.05, 0) is 31.5 Å². The fourth-order valence-corrected chi connectivity index (χ4v) is 2.58. The van der Waals surface area contributed by atoms with Gasteiger partial charge in [-0.2, -0.15) is 0 Å². The van der Waals surface area contributed by atoms with Crippen molar-refractivity contribution in [1.82, 2.24) is 15.5 Å². The van der Waals surface area contributed by atoms with Crippen LogP contribution >= 0.6 is 24.0 Å². The van der Waals surface area contributed by atoms with Crippen molar-refractivity contribution in [2.75, 3.05) is 59.3 Å². The van der Waals surface area contributed by atoms with Gasteiger partial charge >= 0.3 is 0 Å². The number of nitrogens with one attached hydrogen (secondary N) is 3. The van der Waals surface area contributed by atoms with Crippen molar-refractivity contribution in [2.24, 2.45) is 10.9 Å². The molecule has 0 spiro atoms. The van der Waals surface area contributed by atoms with Crippen LogP contribution in [0.1, 0.15) is 20.3 Å². The highest BCUT2D eigenvalue weighted by atomic mass is 127. The van der Waals surface area contributed by atoms with Crippen molar-refractivity contribution in [3.63, 3.8) is 0 Å². The Morgan fingerprint density at radius 3 is 2.44 bits per heavy atom. The maximum Gasteiger partial charge on any atom is 0.191 e. The number of likely N-dealkylation sites (N-methyl/N-ethyl adjacent to an activating group) is 1. The summed E-state index contributed by atoms with van der Waals surface area (Å²) < 4.78 is 5.09. The zero-order chi connectivity index (χ0) is 19.2. The maximum atomic E-state index is 5.09. The van der Waals surface area contributed by atoms with Gasteiger partial charge < -0.3 is 25.6 Å². The number of hydrogen-bond acceptors (Lipinski definition) is 4. The highest BCUT2D eigenvalue weighted by molar-refractivity contribution is 14.0. The van der Waals surface area contributed by atoms with Crippen LogP contribution in [0.25, 0.3) is 0 Å². The first-order valence-corrected chi connectivity index (χ1v) is 9.50. The van der Waals surface area contributed by atoms with E-state index in [4.69, 9.17) is 4.74 Å². The van der Waals surface area contributed by atoms with E-state index in [-0.39, 0.29) is 24.0 Å². The number of guanidine groups is 1. The first kappa shape index (κ1) is 25.9. The van der Waals surface area contributed by atoms with Crippen molar-refractivity contribution in [1.29, 1.82) is 0 Å². The number of para-hydroxylation sites is 1. The summed E-state index contributed by atoms with van der Waals surface area (Å²) in [5, 5.41) is 10.4. The van der Waals surface area contributed by atoms with E-state index in [9.17, 15) is 0 Å². The number of anilines is 1. The molecule has 1 unspecified atom stereocenters. The minimum absolute atomic E-state index is 0. The third-order valence-electron chi connectivity index (χ3n) is 4.32. The normalized spacial score (nSPS) is 12.6. The van der Waals surface area contributed by atoms with Crippen LogP contribution in [-0.4, -0.2) is 70.9 Å². The Labute approximate surface area is 182 Å². The van der Waals surface area contributed by atoms with Crippen molar-refractivity contribution in [3.05, 3.63) is 30.3 Å². The molecule has 3 N–H and O–H groups in total. The molecule has 0 aliphatic heterocycles. The van der Waals surface area contributed by atoms with Crippen LogP contribution in [0.5, 0.6) is 0 Å². The van der Waals surface area contributed by atoms with Gasteiger partial charge in [-0.15, -0.1) is 24.0 Å². The van der Waals surface area contributed by atoms with E-state index >= 15 is 0 Å². The molecule has 0 radical (unpaired) electrons. The second-order valence-electron chi connectivity index (χ2n) is 6.89. The van der Waals surface area contributed by atoms with Gasteiger partial charge in [-0.25, -0.2) is 0 Å². The number of aliphatic imine (C=N–C) groups is 1. The van der Waals surface area contributed by atoms with Crippen LogP contribution < -0.4 is 16.0 Å². The fraction of sp³-hybridized carbons (Fsp3) is 0.650. The average molecular weight is 491 g/mol. The summed E-state index contributed by atoms with van der Waals surface area (Å²) >= 11 is 0. The molecule has 0 saturated carbocycles. The third kappa shape index (κ3) is 12.1. The summed E-state index contributed by atoms with van der Waals surface area (Å²) in [6.45, 7) is 8.96. The molecule has 0 aliphatic rings. The first-order chi connectivity index (χ1) is 12.6. The Morgan fingerprint density at radius 2 is 1.85 bits per heavy atom. The smallest absolute Gasteiger partial charge is 0.191 e. The molecular weight excluding hydrogens is 453 g/mol. The molecule has 0 aromatic heterocycles. The van der Waals surface area contributed by atoms with E-state index in [0.717, 1.165) is 50.9 Å². The molecule has 7 heteroatoms. The van der Waals surface area contributed by atoms with Crippen LogP contribution in [0.2, 0.25) is 0 Å². The van der Waals surface area contributed by atoms with Crippen LogP contribution in [0.15, 0.2) is 35.3 Å². The summed E-state index contributed by atoms with van der Waals surface area (Å²) in [7, 11) is 5.69. The molecule has 1 aromatic carbocycles. The lowest BCUT2D eigenvalue weighted by atomic mass is 10.0. The Bertz CT molecular complexity index is 498. The predicted molar refractivity (Wildman–Crippen MR) is 127 cm³/mol. The molecule has 156 valence electrons. The lowest BCUT2D eigenvalue weighted by Gasteiger charge is -2.25. The van der Waals surface area contributed by atoms with Gasteiger partial charge in [-0.3, -0.25) is 4.99 Å². The largest absolute Gasteiger partial charge is 0.385 e. The fourth-order valence-electron chi connectivity index (χ4n) is 2.58. The van der Waals surface area contributed by atoms with Crippen LogP contribution in [-0.2, 0) is 4.74 Å². The highest BCUT2D eigenvalue weighted by Gasteiger charge is 2.13. The monoisotopic (exact) mass is 491 g/mol. The summed E-state index contributed by atoms with van der Waals surface area (Å²) in [4.78, 5) is 6.63. The molecule has 1 aromatic rings. The zero-order valence-electron chi connectivity index (χ0n) is 17.5. The van der Waals surface area contributed by atoms with E-state index in [0.29, 0.717) is 12.0 Å². The Hall–Kier alpha value is -1.06. The summed E-state index contributed by atoms with van der Waals surface area (Å²) in [6.07, 6.45) is 1.06. The molecule has 1 atom stereocenters. The molecule has 27 heavy (non-hydrogen) atoms. The minimum atomic E-state index is 0. The number of halogens is 1. The summed E-state index contributed by atoms with van der Waals surface area (Å²) in [6, 6.07) is 10.7. The molecule has 0 amide bonds. The van der Waals surface area contributed by atoms with Crippen molar-refractivity contribution in [2.45, 2.75) is 26.3 Å². The highest BCUT2D eigenvalue weighted by Crippen LogP contribution is 2.11. The molecule has 0 heterocycles. The molecule has 1 rings (SSSR count). The third-order valence-corrected chi connectivity index (χ3v) is 4.32. The lowest BCUT2D eigenvalue weighted by molar-refractivity contribution is 0.180. The number of hydrogen-bond donors (Lipinski definition) is 3. The SMILES string of the molecule is CN=C(NCCN(C)CCCOC)NCC(Nc1ccccc1)C(C)C.I. The molecule has 0 bridgehead atoms. The second kappa shape index (κ2) is 15.9. The maximum absolute atomic E-state index is 5.09. The van der Waals surface area contributed by atoms with Crippen molar-refractivity contribution < 1.29 is 4.74 Å². The van der Waals surface area contributed by atoms with E-state index in [2.05, 4.69) is 71.0 Å². The Kier molecular flexibility index (Phi) is 15.3. The van der Waals surface area contributed by atoms with Gasteiger partial charge in [0.2, 0.25) is 0 Å². The standard InChI is InChI=1S/C20H37N5O.HI/c1-17(2)19(24-18-10-7-6-8-11-18)16-23-20(21-3)22-12-14-25(4)13-9-15-26-5;/h6-8,10-11,17,19,24H,9,12-16H2,1-5H3,(H2,21,22,23);1H. The van der Waals surface area contributed by atoms with Crippen molar-refractivity contribution in [3.8, 4) is 0 Å². The van der Waals surface area contributed by atoms with Gasteiger partial charge in [0, 0.05) is 58.7 Å². The van der Waals surface area contributed by atoms with Crippen LogP contribution in [0.3, 0.4) is 0 Å². The van der Waals surface area contributed by atoms with E-state index in [1.807, 2.05) is 13.1 Å². The van der Waals surface area contributed by atoms with Gasteiger partial charge in [0.25, 0.3) is 0 Å². The molecule has 6 nitrogen and oxygen atoms in total. The summed E-state index contributed by atoms with van der Waals surface area (Å²) in [5.41, 5.74) is 1.15. The van der Waals surface area contributed by atoms with Crippen molar-refractivity contribution >= 4 is 35.6 Å². The van der Waals surface area contributed by atoms with Crippen LogP contribution in [0, 0.1) is 5.92 Å².